The van der Waals surface area contributed by atoms with Crippen molar-refractivity contribution in [1.29, 1.82) is 0 Å². The molecule has 0 saturated carbocycles. The summed E-state index contributed by atoms with van der Waals surface area (Å²) in [4.78, 5) is 13.9. The molecule has 0 radical (unpaired) electrons. The molecule has 6 nitrogen and oxygen atoms in total. The van der Waals surface area contributed by atoms with Crippen molar-refractivity contribution in [3.63, 3.8) is 0 Å². The molecule has 0 unspecified atom stereocenters. The minimum absolute atomic E-state index is 0.130. The lowest BCUT2D eigenvalue weighted by molar-refractivity contribution is 0.0821. The van der Waals surface area contributed by atoms with Crippen LogP contribution >= 0.6 is 0 Å². The highest BCUT2D eigenvalue weighted by molar-refractivity contribution is 7.89. The van der Waals surface area contributed by atoms with Crippen LogP contribution in [0.3, 0.4) is 0 Å². The Labute approximate surface area is 141 Å². The maximum atomic E-state index is 12.5. The SMILES string of the molecule is CC(C)n1c2ccccc2c2c1cc(C(=O)N(C)C)n2S(C)(=O)=O. The molecule has 0 fully saturated rings. The molecule has 0 aliphatic rings. The molecule has 3 aromatic rings. The van der Waals surface area contributed by atoms with Crippen LogP contribution in [0.15, 0.2) is 30.3 Å². The number of fused-ring (bicyclic) bond motifs is 3. The fourth-order valence-corrected chi connectivity index (χ4v) is 4.22. The Kier molecular flexibility index (Phi) is 3.71. The Morgan fingerprint density at radius 3 is 2.29 bits per heavy atom. The van der Waals surface area contributed by atoms with Gasteiger partial charge in [0.15, 0.2) is 0 Å². The van der Waals surface area contributed by atoms with Crippen LogP contribution in [0.25, 0.3) is 21.9 Å². The van der Waals surface area contributed by atoms with E-state index < -0.39 is 10.0 Å². The molecule has 2 heterocycles. The fourth-order valence-electron chi connectivity index (χ4n) is 3.20. The molecule has 0 aliphatic heterocycles. The van der Waals surface area contributed by atoms with Gasteiger partial charge in [0.25, 0.3) is 5.91 Å². The Hall–Kier alpha value is -2.28. The zero-order valence-electron chi connectivity index (χ0n) is 14.4. The number of para-hydroxylation sites is 1. The summed E-state index contributed by atoms with van der Waals surface area (Å²) in [5, 5.41) is 0.824. The largest absolute Gasteiger partial charge is 0.343 e. The molecule has 0 N–H and O–H groups in total. The maximum absolute atomic E-state index is 12.5. The summed E-state index contributed by atoms with van der Waals surface area (Å²) in [5.74, 6) is -0.337. The van der Waals surface area contributed by atoms with Gasteiger partial charge in [-0.1, -0.05) is 18.2 Å². The van der Waals surface area contributed by atoms with Crippen LogP contribution in [0.1, 0.15) is 30.4 Å². The molecule has 3 rings (SSSR count). The van der Waals surface area contributed by atoms with Crippen LogP contribution in [0.4, 0.5) is 0 Å². The first-order valence-corrected chi connectivity index (χ1v) is 9.56. The Balaban J connectivity index is 2.58. The van der Waals surface area contributed by atoms with Gasteiger partial charge in [-0.05, 0) is 26.0 Å². The van der Waals surface area contributed by atoms with Crippen molar-refractivity contribution in [2.75, 3.05) is 20.4 Å². The van der Waals surface area contributed by atoms with Crippen LogP contribution in [-0.4, -0.2) is 48.1 Å². The third-order valence-electron chi connectivity index (χ3n) is 4.09. The van der Waals surface area contributed by atoms with Gasteiger partial charge < -0.3 is 9.47 Å². The molecule has 2 aromatic heterocycles. The Morgan fingerprint density at radius 1 is 1.12 bits per heavy atom. The van der Waals surface area contributed by atoms with Crippen molar-refractivity contribution in [2.45, 2.75) is 19.9 Å². The molecule has 0 spiro atoms. The Morgan fingerprint density at radius 2 is 1.75 bits per heavy atom. The molecule has 0 saturated heterocycles. The van der Waals surface area contributed by atoms with Gasteiger partial charge in [0.1, 0.15) is 5.69 Å². The first-order chi connectivity index (χ1) is 11.1. The number of nitrogens with zero attached hydrogens (tertiary/aromatic N) is 3. The lowest BCUT2D eigenvalue weighted by atomic mass is 10.2. The van der Waals surface area contributed by atoms with Crippen LogP contribution in [0, 0.1) is 0 Å². The quantitative estimate of drug-likeness (QED) is 0.732. The van der Waals surface area contributed by atoms with Crippen molar-refractivity contribution >= 4 is 37.9 Å². The van der Waals surface area contributed by atoms with E-state index in [1.165, 1.54) is 8.87 Å². The summed E-state index contributed by atoms with van der Waals surface area (Å²) in [6, 6.07) is 9.47. The highest BCUT2D eigenvalue weighted by Crippen LogP contribution is 2.35. The van der Waals surface area contributed by atoms with Gasteiger partial charge in [-0.3, -0.25) is 4.79 Å². The van der Waals surface area contributed by atoms with Gasteiger partial charge in [0, 0.05) is 25.5 Å². The molecule has 1 aromatic carbocycles. The number of aromatic nitrogens is 2. The van der Waals surface area contributed by atoms with Gasteiger partial charge in [0.2, 0.25) is 10.0 Å². The monoisotopic (exact) mass is 347 g/mol. The normalized spacial score (nSPS) is 12.4. The summed E-state index contributed by atoms with van der Waals surface area (Å²) < 4.78 is 28.2. The predicted octanol–water partition coefficient (Wildman–Crippen LogP) is 2.69. The smallest absolute Gasteiger partial charge is 0.271 e. The van der Waals surface area contributed by atoms with E-state index >= 15 is 0 Å². The van der Waals surface area contributed by atoms with Crippen molar-refractivity contribution in [3.8, 4) is 0 Å². The van der Waals surface area contributed by atoms with Gasteiger partial charge in [-0.25, -0.2) is 12.4 Å². The molecule has 0 bridgehead atoms. The average Bonchev–Trinajstić information content (AvgIpc) is 2.99. The number of hydrogen-bond donors (Lipinski definition) is 0. The third kappa shape index (κ3) is 2.31. The molecule has 0 atom stereocenters. The zero-order chi connectivity index (χ0) is 17.8. The second-order valence-electron chi connectivity index (χ2n) is 6.47. The van der Waals surface area contributed by atoms with Gasteiger partial charge in [-0.15, -0.1) is 0 Å². The van der Waals surface area contributed by atoms with E-state index in [0.29, 0.717) is 5.52 Å². The molecular weight excluding hydrogens is 326 g/mol. The van der Waals surface area contributed by atoms with E-state index in [0.717, 1.165) is 22.7 Å². The molecular formula is C17H21N3O3S. The maximum Gasteiger partial charge on any atom is 0.271 e. The van der Waals surface area contributed by atoms with E-state index in [2.05, 4.69) is 4.57 Å². The highest BCUT2D eigenvalue weighted by atomic mass is 32.2. The molecule has 24 heavy (non-hydrogen) atoms. The number of hydrogen-bond acceptors (Lipinski definition) is 3. The van der Waals surface area contributed by atoms with Crippen molar-refractivity contribution in [3.05, 3.63) is 36.0 Å². The zero-order valence-corrected chi connectivity index (χ0v) is 15.3. The number of benzene rings is 1. The number of carbonyl (C=O) groups is 1. The minimum atomic E-state index is -3.64. The third-order valence-corrected chi connectivity index (χ3v) is 5.13. The van der Waals surface area contributed by atoms with Crippen LogP contribution in [0.5, 0.6) is 0 Å². The topological polar surface area (TPSA) is 64.3 Å². The van der Waals surface area contributed by atoms with Crippen LogP contribution in [0.2, 0.25) is 0 Å². The van der Waals surface area contributed by atoms with Crippen molar-refractivity contribution in [2.24, 2.45) is 0 Å². The predicted molar refractivity (Wildman–Crippen MR) is 96.1 cm³/mol. The molecule has 0 aliphatic carbocycles. The van der Waals surface area contributed by atoms with E-state index in [4.69, 9.17) is 0 Å². The Bertz CT molecular complexity index is 1060. The number of rotatable bonds is 3. The standard InChI is InChI=1S/C17H21N3O3S/c1-11(2)19-13-9-7-6-8-12(13)16-14(19)10-15(17(21)18(3)4)20(16)24(5,22)23/h6-11H,1-5H3. The first-order valence-electron chi connectivity index (χ1n) is 7.71. The van der Waals surface area contributed by atoms with Crippen LogP contribution in [-0.2, 0) is 10.0 Å². The second-order valence-corrected chi connectivity index (χ2v) is 8.30. The second kappa shape index (κ2) is 5.37. The summed E-state index contributed by atoms with van der Waals surface area (Å²) in [6.07, 6.45) is 1.13. The van der Waals surface area contributed by atoms with E-state index in [1.54, 1.807) is 20.2 Å². The first kappa shape index (κ1) is 16.6. The van der Waals surface area contributed by atoms with Gasteiger partial charge in [0.05, 0.1) is 22.8 Å². The molecule has 1 amide bonds. The lowest BCUT2D eigenvalue weighted by Gasteiger charge is -2.13. The number of amides is 1. The van der Waals surface area contributed by atoms with E-state index in [9.17, 15) is 13.2 Å². The van der Waals surface area contributed by atoms with Gasteiger partial charge in [-0.2, -0.15) is 0 Å². The summed E-state index contributed by atoms with van der Waals surface area (Å²) in [6.45, 7) is 4.08. The van der Waals surface area contributed by atoms with Gasteiger partial charge >= 0.3 is 0 Å². The van der Waals surface area contributed by atoms with Crippen molar-refractivity contribution < 1.29 is 13.2 Å². The summed E-state index contributed by atoms with van der Waals surface area (Å²) >= 11 is 0. The summed E-state index contributed by atoms with van der Waals surface area (Å²) in [7, 11) is -0.419. The van der Waals surface area contributed by atoms with E-state index in [-0.39, 0.29) is 17.6 Å². The van der Waals surface area contributed by atoms with Crippen molar-refractivity contribution in [1.82, 2.24) is 13.4 Å². The minimum Gasteiger partial charge on any atom is -0.343 e. The lowest BCUT2D eigenvalue weighted by Crippen LogP contribution is -2.26. The molecule has 7 heteroatoms. The van der Waals surface area contributed by atoms with E-state index in [1.807, 2.05) is 38.1 Å². The van der Waals surface area contributed by atoms with Crippen LogP contribution < -0.4 is 0 Å². The fraction of sp³-hybridized carbons (Fsp3) is 0.353. The average molecular weight is 347 g/mol. The number of carbonyl (C=O) groups excluding carboxylic acids is 1. The highest BCUT2D eigenvalue weighted by Gasteiger charge is 2.27. The summed E-state index contributed by atoms with van der Waals surface area (Å²) in [5.41, 5.74) is 2.43. The molecule has 128 valence electrons.